The highest BCUT2D eigenvalue weighted by Gasteiger charge is 2.23. The van der Waals surface area contributed by atoms with E-state index in [0.29, 0.717) is 6.07 Å². The summed E-state index contributed by atoms with van der Waals surface area (Å²) in [6.07, 6.45) is 0. The number of hydrogen-bond acceptors (Lipinski definition) is 5. The molecule has 1 rings (SSSR count). The standard InChI is InChI=1S/C9H11FN2O5S/c1-6(5-13)11-18(16,17)9-3-2-7(12(14)15)4-8(9)10/h2-4,6,11,13H,5H2,1H3/t6-/m0/s1. The summed E-state index contributed by atoms with van der Waals surface area (Å²) in [6, 6.07) is 1.43. The average Bonchev–Trinajstić information content (AvgIpc) is 2.27. The molecule has 0 radical (unpaired) electrons. The monoisotopic (exact) mass is 278 g/mol. The summed E-state index contributed by atoms with van der Waals surface area (Å²) >= 11 is 0. The number of benzene rings is 1. The smallest absolute Gasteiger partial charge is 0.272 e. The van der Waals surface area contributed by atoms with Crippen molar-refractivity contribution in [3.05, 3.63) is 34.1 Å². The molecule has 2 N–H and O–H groups in total. The van der Waals surface area contributed by atoms with E-state index >= 15 is 0 Å². The van der Waals surface area contributed by atoms with Gasteiger partial charge in [-0.3, -0.25) is 10.1 Å². The third kappa shape index (κ3) is 3.22. The molecule has 9 heteroatoms. The van der Waals surface area contributed by atoms with Crippen LogP contribution < -0.4 is 4.72 Å². The van der Waals surface area contributed by atoms with E-state index in [4.69, 9.17) is 5.11 Å². The molecular weight excluding hydrogens is 267 g/mol. The number of nitro benzene ring substituents is 1. The lowest BCUT2D eigenvalue weighted by molar-refractivity contribution is -0.385. The fourth-order valence-electron chi connectivity index (χ4n) is 1.19. The molecule has 18 heavy (non-hydrogen) atoms. The summed E-state index contributed by atoms with van der Waals surface area (Å²) in [5, 5.41) is 19.1. The Bertz CT molecular complexity index is 560. The summed E-state index contributed by atoms with van der Waals surface area (Å²) in [7, 11) is -4.15. The number of nitro groups is 1. The number of sulfonamides is 1. The van der Waals surface area contributed by atoms with Crippen molar-refractivity contribution in [3.63, 3.8) is 0 Å². The quantitative estimate of drug-likeness (QED) is 0.598. The van der Waals surface area contributed by atoms with Crippen molar-refractivity contribution in [1.29, 1.82) is 0 Å². The molecule has 100 valence electrons. The summed E-state index contributed by atoms with van der Waals surface area (Å²) in [5.74, 6) is -1.22. The summed E-state index contributed by atoms with van der Waals surface area (Å²) in [6.45, 7) is 0.939. The molecule has 0 spiro atoms. The van der Waals surface area contributed by atoms with Crippen molar-refractivity contribution in [2.24, 2.45) is 0 Å². The van der Waals surface area contributed by atoms with Crippen LogP contribution in [0.2, 0.25) is 0 Å². The number of rotatable bonds is 5. The van der Waals surface area contributed by atoms with Gasteiger partial charge in [-0.2, -0.15) is 0 Å². The van der Waals surface area contributed by atoms with Crippen LogP contribution in [0.5, 0.6) is 0 Å². The van der Waals surface area contributed by atoms with Gasteiger partial charge >= 0.3 is 0 Å². The number of hydrogen-bond donors (Lipinski definition) is 2. The van der Waals surface area contributed by atoms with E-state index in [-0.39, 0.29) is 0 Å². The molecule has 0 aliphatic carbocycles. The Morgan fingerprint density at radius 2 is 2.17 bits per heavy atom. The first-order valence-electron chi connectivity index (χ1n) is 4.85. The summed E-state index contributed by atoms with van der Waals surface area (Å²) < 4.78 is 38.8. The van der Waals surface area contributed by atoms with E-state index in [1.807, 2.05) is 4.72 Å². The highest BCUT2D eigenvalue weighted by atomic mass is 32.2. The molecule has 1 aromatic rings. The minimum atomic E-state index is -4.15. The largest absolute Gasteiger partial charge is 0.395 e. The number of aliphatic hydroxyl groups excluding tert-OH is 1. The van der Waals surface area contributed by atoms with Crippen molar-refractivity contribution in [2.75, 3.05) is 6.61 Å². The Labute approximate surface area is 102 Å². The summed E-state index contributed by atoms with van der Waals surface area (Å²) in [4.78, 5) is 8.85. The van der Waals surface area contributed by atoms with Crippen LogP contribution in [0.1, 0.15) is 6.92 Å². The molecule has 0 bridgehead atoms. The Morgan fingerprint density at radius 3 is 2.61 bits per heavy atom. The van der Waals surface area contributed by atoms with Crippen molar-refractivity contribution in [3.8, 4) is 0 Å². The molecule has 0 amide bonds. The van der Waals surface area contributed by atoms with E-state index < -0.39 is 44.0 Å². The van der Waals surface area contributed by atoms with Crippen LogP contribution in [0.4, 0.5) is 10.1 Å². The van der Waals surface area contributed by atoms with Crippen molar-refractivity contribution in [1.82, 2.24) is 4.72 Å². The Kier molecular flexibility index (Phi) is 4.33. The van der Waals surface area contributed by atoms with Gasteiger partial charge in [-0.15, -0.1) is 0 Å². The van der Waals surface area contributed by atoms with Gasteiger partial charge in [0.1, 0.15) is 10.7 Å². The molecule has 1 aromatic carbocycles. The maximum atomic E-state index is 13.5. The van der Waals surface area contributed by atoms with Crippen molar-refractivity contribution >= 4 is 15.7 Å². The average molecular weight is 278 g/mol. The van der Waals surface area contributed by atoms with E-state index in [1.54, 1.807) is 0 Å². The van der Waals surface area contributed by atoms with Gasteiger partial charge in [-0.25, -0.2) is 17.5 Å². The van der Waals surface area contributed by atoms with Crippen LogP contribution >= 0.6 is 0 Å². The summed E-state index contributed by atoms with van der Waals surface area (Å²) in [5.41, 5.74) is -0.540. The second-order valence-electron chi connectivity index (χ2n) is 3.58. The highest BCUT2D eigenvalue weighted by molar-refractivity contribution is 7.89. The van der Waals surface area contributed by atoms with Gasteiger partial charge in [-0.05, 0) is 13.0 Å². The predicted octanol–water partition coefficient (Wildman–Crippen LogP) is 0.393. The lowest BCUT2D eigenvalue weighted by Gasteiger charge is -2.11. The van der Waals surface area contributed by atoms with Gasteiger partial charge < -0.3 is 5.11 Å². The molecule has 0 fully saturated rings. The van der Waals surface area contributed by atoms with Gasteiger partial charge in [0.05, 0.1) is 17.6 Å². The van der Waals surface area contributed by atoms with E-state index in [0.717, 1.165) is 12.1 Å². The van der Waals surface area contributed by atoms with Crippen LogP contribution in [0.25, 0.3) is 0 Å². The maximum absolute atomic E-state index is 13.5. The zero-order valence-corrected chi connectivity index (χ0v) is 10.1. The maximum Gasteiger partial charge on any atom is 0.272 e. The van der Waals surface area contributed by atoms with Gasteiger partial charge in [0.15, 0.2) is 0 Å². The lowest BCUT2D eigenvalue weighted by Crippen LogP contribution is -2.35. The minimum absolute atomic E-state index is 0.451. The Hall–Kier alpha value is -1.58. The molecule has 0 aliphatic heterocycles. The predicted molar refractivity (Wildman–Crippen MR) is 59.9 cm³/mol. The first-order valence-corrected chi connectivity index (χ1v) is 6.33. The van der Waals surface area contributed by atoms with Gasteiger partial charge in [0.2, 0.25) is 10.0 Å². The topological polar surface area (TPSA) is 110 Å². The number of nitrogens with zero attached hydrogens (tertiary/aromatic N) is 1. The molecule has 7 nitrogen and oxygen atoms in total. The first-order chi connectivity index (χ1) is 8.27. The number of non-ortho nitro benzene ring substituents is 1. The third-order valence-corrected chi connectivity index (χ3v) is 3.67. The number of nitrogens with one attached hydrogen (secondary N) is 1. The molecular formula is C9H11FN2O5S. The van der Waals surface area contributed by atoms with Crippen LogP contribution in [0, 0.1) is 15.9 Å². The molecule has 0 aliphatic rings. The van der Waals surface area contributed by atoms with E-state index in [1.165, 1.54) is 6.92 Å². The number of aliphatic hydroxyl groups is 1. The zero-order valence-electron chi connectivity index (χ0n) is 9.33. The Morgan fingerprint density at radius 1 is 1.56 bits per heavy atom. The molecule has 0 saturated carbocycles. The number of halogens is 1. The minimum Gasteiger partial charge on any atom is -0.395 e. The second-order valence-corrected chi connectivity index (χ2v) is 5.26. The fraction of sp³-hybridized carbons (Fsp3) is 0.333. The third-order valence-electron chi connectivity index (χ3n) is 2.05. The zero-order chi connectivity index (χ0) is 13.9. The highest BCUT2D eigenvalue weighted by Crippen LogP contribution is 2.20. The first kappa shape index (κ1) is 14.5. The van der Waals surface area contributed by atoms with Crippen LogP contribution in [0.15, 0.2) is 23.1 Å². The molecule has 1 atom stereocenters. The van der Waals surface area contributed by atoms with Crippen LogP contribution in [-0.4, -0.2) is 31.1 Å². The van der Waals surface area contributed by atoms with Gasteiger partial charge in [0.25, 0.3) is 5.69 Å². The SMILES string of the molecule is C[C@@H](CO)NS(=O)(=O)c1ccc([N+](=O)[O-])cc1F. The fourth-order valence-corrected chi connectivity index (χ4v) is 2.48. The van der Waals surface area contributed by atoms with E-state index in [9.17, 15) is 22.9 Å². The normalized spacial score (nSPS) is 13.3. The van der Waals surface area contributed by atoms with Crippen molar-refractivity contribution < 1.29 is 22.8 Å². The van der Waals surface area contributed by atoms with Crippen LogP contribution in [0.3, 0.4) is 0 Å². The van der Waals surface area contributed by atoms with Crippen molar-refractivity contribution in [2.45, 2.75) is 17.9 Å². The van der Waals surface area contributed by atoms with Crippen LogP contribution in [-0.2, 0) is 10.0 Å². The second kappa shape index (κ2) is 5.38. The molecule has 0 heterocycles. The molecule has 0 unspecified atom stereocenters. The van der Waals surface area contributed by atoms with E-state index in [2.05, 4.69) is 0 Å². The molecule has 0 saturated heterocycles. The van der Waals surface area contributed by atoms with Gasteiger partial charge in [0, 0.05) is 12.1 Å². The lowest BCUT2D eigenvalue weighted by atomic mass is 10.3. The molecule has 0 aromatic heterocycles. The van der Waals surface area contributed by atoms with Gasteiger partial charge in [-0.1, -0.05) is 0 Å². The Balaban J connectivity index is 3.14.